The second kappa shape index (κ2) is 6.56. The van der Waals surface area contributed by atoms with Crippen LogP contribution in [0.1, 0.15) is 18.5 Å². The molecule has 3 atom stereocenters. The number of hydrogen-bond acceptors (Lipinski definition) is 4. The maximum atomic E-state index is 4.32. The van der Waals surface area contributed by atoms with Gasteiger partial charge in [-0.1, -0.05) is 24.6 Å². The van der Waals surface area contributed by atoms with Crippen LogP contribution in [0.4, 0.5) is 0 Å². The van der Waals surface area contributed by atoms with Gasteiger partial charge < -0.3 is 5.32 Å². The number of nitrogens with zero attached hydrogens (tertiary/aromatic N) is 3. The highest BCUT2D eigenvalue weighted by atomic mass is 31.1. The van der Waals surface area contributed by atoms with E-state index in [0.717, 1.165) is 25.6 Å². The number of aromatic nitrogens is 2. The van der Waals surface area contributed by atoms with Crippen molar-refractivity contribution in [3.8, 4) is 0 Å². The summed E-state index contributed by atoms with van der Waals surface area (Å²) in [5.74, 6) is 0. The first kappa shape index (κ1) is 13.9. The lowest BCUT2D eigenvalue weighted by atomic mass is 10.2. The van der Waals surface area contributed by atoms with E-state index in [4.69, 9.17) is 0 Å². The zero-order chi connectivity index (χ0) is 13.0. The molecule has 1 aliphatic rings. The van der Waals surface area contributed by atoms with Crippen molar-refractivity contribution in [1.82, 2.24) is 20.0 Å². The van der Waals surface area contributed by atoms with Crippen LogP contribution in [0.15, 0.2) is 24.7 Å². The zero-order valence-electron chi connectivity index (χ0n) is 10.7. The fraction of sp³-hybridized carbons (Fsp3) is 0.500. The highest BCUT2D eigenvalue weighted by Gasteiger charge is 2.25. The molecule has 2 rings (SSSR count). The predicted molar refractivity (Wildman–Crippen MR) is 81.3 cm³/mol. The Bertz CT molecular complexity index is 424. The van der Waals surface area contributed by atoms with E-state index in [-0.39, 0.29) is 0 Å². The predicted octanol–water partition coefficient (Wildman–Crippen LogP) is 1.27. The van der Waals surface area contributed by atoms with Crippen molar-refractivity contribution in [3.63, 3.8) is 0 Å². The third-order valence-corrected chi connectivity index (χ3v) is 4.82. The van der Waals surface area contributed by atoms with Crippen molar-refractivity contribution in [2.75, 3.05) is 13.2 Å². The second-order valence-corrected chi connectivity index (χ2v) is 5.91. The standard InChI is InChI=1S/C12H20N4P2/c1-9(11-4-3-7-16(11)18-2)15-8-10-12(17)14-6-5-13-10/h5-6,11,15,18H,1,3-4,7-8,17H2,2H3. The SMILES string of the molecule is C=C(NCc1nccnc1P)C1CCCN1PC. The Morgan fingerprint density at radius 3 is 3.11 bits per heavy atom. The van der Waals surface area contributed by atoms with Crippen LogP contribution < -0.4 is 10.8 Å². The topological polar surface area (TPSA) is 41.1 Å². The number of nitrogens with one attached hydrogen (secondary N) is 1. The summed E-state index contributed by atoms with van der Waals surface area (Å²) in [6, 6.07) is 0.484. The molecule has 98 valence electrons. The Labute approximate surface area is 113 Å². The van der Waals surface area contributed by atoms with Crippen LogP contribution in [0.2, 0.25) is 0 Å². The summed E-state index contributed by atoms with van der Waals surface area (Å²) in [7, 11) is 3.47. The molecule has 1 saturated heterocycles. The van der Waals surface area contributed by atoms with Crippen LogP contribution in [-0.4, -0.2) is 33.9 Å². The molecule has 0 aliphatic carbocycles. The van der Waals surface area contributed by atoms with E-state index in [1.165, 1.54) is 19.4 Å². The molecule has 18 heavy (non-hydrogen) atoms. The summed E-state index contributed by atoms with van der Waals surface area (Å²) in [5, 5.41) is 3.40. The van der Waals surface area contributed by atoms with E-state index in [0.29, 0.717) is 12.6 Å². The molecule has 3 unspecified atom stereocenters. The monoisotopic (exact) mass is 282 g/mol. The minimum atomic E-state index is 0.484. The van der Waals surface area contributed by atoms with Crippen LogP contribution in [-0.2, 0) is 6.54 Å². The average Bonchev–Trinajstić information content (AvgIpc) is 2.86. The van der Waals surface area contributed by atoms with Gasteiger partial charge in [0, 0.05) is 24.6 Å². The first-order chi connectivity index (χ1) is 8.72. The van der Waals surface area contributed by atoms with Gasteiger partial charge in [-0.3, -0.25) is 14.6 Å². The fourth-order valence-corrected chi connectivity index (χ4v) is 3.47. The average molecular weight is 282 g/mol. The Morgan fingerprint density at radius 2 is 2.39 bits per heavy atom. The van der Waals surface area contributed by atoms with E-state index < -0.39 is 0 Å². The quantitative estimate of drug-likeness (QED) is 0.826. The normalized spacial score (nSPS) is 20.7. The molecule has 0 radical (unpaired) electrons. The minimum absolute atomic E-state index is 0.484. The van der Waals surface area contributed by atoms with Gasteiger partial charge in [-0.2, -0.15) is 0 Å². The zero-order valence-corrected chi connectivity index (χ0v) is 12.8. The third-order valence-electron chi connectivity index (χ3n) is 3.23. The van der Waals surface area contributed by atoms with Gasteiger partial charge in [0.25, 0.3) is 0 Å². The summed E-state index contributed by atoms with van der Waals surface area (Å²) in [6.07, 6.45) is 5.91. The van der Waals surface area contributed by atoms with Gasteiger partial charge in [0.15, 0.2) is 0 Å². The maximum absolute atomic E-state index is 4.32. The Morgan fingerprint density at radius 1 is 1.61 bits per heavy atom. The first-order valence-electron chi connectivity index (χ1n) is 6.14. The van der Waals surface area contributed by atoms with E-state index in [1.54, 1.807) is 12.4 Å². The molecule has 1 aromatic rings. The fourth-order valence-electron chi connectivity index (χ4n) is 2.23. The molecule has 0 aromatic carbocycles. The molecule has 1 aliphatic heterocycles. The molecule has 2 heterocycles. The highest BCUT2D eigenvalue weighted by Crippen LogP contribution is 2.30. The minimum Gasteiger partial charge on any atom is -0.382 e. The van der Waals surface area contributed by atoms with Crippen molar-refractivity contribution < 1.29 is 0 Å². The molecule has 4 nitrogen and oxygen atoms in total. The first-order valence-corrected chi connectivity index (χ1v) is 8.17. The van der Waals surface area contributed by atoms with Crippen molar-refractivity contribution in [3.05, 3.63) is 30.4 Å². The molecule has 1 fully saturated rings. The summed E-state index contributed by atoms with van der Waals surface area (Å²) in [4.78, 5) is 8.52. The van der Waals surface area contributed by atoms with Gasteiger partial charge in [0.1, 0.15) is 0 Å². The van der Waals surface area contributed by atoms with E-state index >= 15 is 0 Å². The summed E-state index contributed by atoms with van der Waals surface area (Å²) < 4.78 is 2.49. The summed E-state index contributed by atoms with van der Waals surface area (Å²) >= 11 is 0. The second-order valence-electron chi connectivity index (χ2n) is 4.34. The van der Waals surface area contributed by atoms with E-state index in [1.807, 2.05) is 0 Å². The molecule has 0 spiro atoms. The molecule has 6 heteroatoms. The van der Waals surface area contributed by atoms with Gasteiger partial charge >= 0.3 is 0 Å². The molecule has 1 N–H and O–H groups in total. The van der Waals surface area contributed by atoms with Gasteiger partial charge in [0.2, 0.25) is 0 Å². The summed E-state index contributed by atoms with van der Waals surface area (Å²) in [5.41, 5.74) is 2.97. The Balaban J connectivity index is 1.90. The van der Waals surface area contributed by atoms with Gasteiger partial charge in [0.05, 0.1) is 23.7 Å². The van der Waals surface area contributed by atoms with Crippen molar-refractivity contribution in [2.45, 2.75) is 25.4 Å². The molecule has 0 saturated carbocycles. The van der Waals surface area contributed by atoms with Crippen molar-refractivity contribution in [2.24, 2.45) is 0 Å². The largest absolute Gasteiger partial charge is 0.382 e. The number of hydrogen-bond donors (Lipinski definition) is 1. The lowest BCUT2D eigenvalue weighted by Gasteiger charge is -2.25. The van der Waals surface area contributed by atoms with Gasteiger partial charge in [-0.05, 0) is 19.5 Å². The maximum Gasteiger partial charge on any atom is 0.0848 e. The van der Waals surface area contributed by atoms with Crippen LogP contribution in [0, 0.1) is 0 Å². The Hall–Kier alpha value is -0.560. The molecule has 1 aromatic heterocycles. The molecule has 0 bridgehead atoms. The lowest BCUT2D eigenvalue weighted by molar-refractivity contribution is 0.456. The van der Waals surface area contributed by atoms with E-state index in [2.05, 4.69) is 42.4 Å². The Kier molecular flexibility index (Phi) is 5.05. The smallest absolute Gasteiger partial charge is 0.0848 e. The van der Waals surface area contributed by atoms with E-state index in [9.17, 15) is 0 Å². The van der Waals surface area contributed by atoms with Crippen LogP contribution in [0.25, 0.3) is 0 Å². The van der Waals surface area contributed by atoms with Crippen LogP contribution >= 0.6 is 18.0 Å². The van der Waals surface area contributed by atoms with Gasteiger partial charge in [-0.15, -0.1) is 0 Å². The van der Waals surface area contributed by atoms with Crippen LogP contribution in [0.3, 0.4) is 0 Å². The summed E-state index contributed by atoms with van der Waals surface area (Å²) in [6.45, 7) is 8.30. The number of rotatable bonds is 5. The molecular weight excluding hydrogens is 262 g/mol. The third kappa shape index (κ3) is 3.26. The van der Waals surface area contributed by atoms with Crippen molar-refractivity contribution in [1.29, 1.82) is 0 Å². The van der Waals surface area contributed by atoms with Gasteiger partial charge in [-0.25, -0.2) is 0 Å². The van der Waals surface area contributed by atoms with Crippen LogP contribution in [0.5, 0.6) is 0 Å². The lowest BCUT2D eigenvalue weighted by Crippen LogP contribution is -2.31. The highest BCUT2D eigenvalue weighted by molar-refractivity contribution is 7.34. The molecular formula is C12H20N4P2. The molecule has 0 amide bonds. The van der Waals surface area contributed by atoms with Crippen molar-refractivity contribution >= 4 is 23.4 Å².